The van der Waals surface area contributed by atoms with Gasteiger partial charge in [-0.1, -0.05) is 146 Å². The molecule has 1 nitrogen and oxygen atoms in total. The number of anilines is 3. The summed E-state index contributed by atoms with van der Waals surface area (Å²) in [7, 11) is 0. The summed E-state index contributed by atoms with van der Waals surface area (Å²) in [5.41, 5.74) is 10.7. The molecule has 0 aliphatic rings. The van der Waals surface area contributed by atoms with Crippen LogP contribution >= 0.6 is 11.3 Å². The van der Waals surface area contributed by atoms with Crippen molar-refractivity contribution in [1.29, 1.82) is 0 Å². The highest BCUT2D eigenvalue weighted by molar-refractivity contribution is 7.25. The first-order valence-electron chi connectivity index (χ1n) is 17.7. The first kappa shape index (κ1) is 30.4. The molecule has 52 heavy (non-hydrogen) atoms. The SMILES string of the molecule is c1ccc(-c2ccc(N(c3cccc(-c4ccc5c(ccc6cc(-c7ccccc7)ccc65)c4)c3)c3ccc4c(c3)sc3ccccc34)cc2)cc1. The van der Waals surface area contributed by atoms with E-state index in [9.17, 15) is 0 Å². The maximum absolute atomic E-state index is 2.39. The first-order chi connectivity index (χ1) is 25.7. The van der Waals surface area contributed by atoms with Crippen molar-refractivity contribution in [2.24, 2.45) is 0 Å². The average molecular weight is 680 g/mol. The zero-order chi connectivity index (χ0) is 34.4. The number of nitrogens with zero attached hydrogens (tertiary/aromatic N) is 1. The van der Waals surface area contributed by atoms with Gasteiger partial charge in [-0.3, -0.25) is 0 Å². The van der Waals surface area contributed by atoms with Gasteiger partial charge in [0.2, 0.25) is 0 Å². The molecule has 10 rings (SSSR count). The van der Waals surface area contributed by atoms with Crippen molar-refractivity contribution >= 4 is 70.1 Å². The highest BCUT2D eigenvalue weighted by atomic mass is 32.1. The van der Waals surface area contributed by atoms with Gasteiger partial charge >= 0.3 is 0 Å². The second-order valence-electron chi connectivity index (χ2n) is 13.4. The van der Waals surface area contributed by atoms with Gasteiger partial charge in [0.1, 0.15) is 0 Å². The van der Waals surface area contributed by atoms with Gasteiger partial charge in [0.25, 0.3) is 0 Å². The van der Waals surface area contributed by atoms with Gasteiger partial charge in [-0.25, -0.2) is 0 Å². The summed E-state index contributed by atoms with van der Waals surface area (Å²) in [5.74, 6) is 0. The molecule has 244 valence electrons. The summed E-state index contributed by atoms with van der Waals surface area (Å²) >= 11 is 1.86. The predicted octanol–water partition coefficient (Wildman–Crippen LogP) is 14.8. The Morgan fingerprint density at radius 1 is 0.269 bits per heavy atom. The minimum absolute atomic E-state index is 1.12. The summed E-state index contributed by atoms with van der Waals surface area (Å²) in [6.45, 7) is 0. The van der Waals surface area contributed by atoms with E-state index in [1.54, 1.807) is 0 Å². The standard InChI is InChI=1S/C50H33NS/c1-3-10-34(11-4-1)36-20-24-42(25-21-36)51(44-26-29-48-47-16-7-8-17-49(47)52-50(48)33-44)43-15-9-14-37(32-43)39-23-28-46-41(31-39)19-18-40-30-38(22-27-45(40)46)35-12-5-2-6-13-35/h1-33H. The van der Waals surface area contributed by atoms with Crippen molar-refractivity contribution in [3.63, 3.8) is 0 Å². The molecule has 1 heterocycles. The van der Waals surface area contributed by atoms with Crippen LogP contribution in [-0.2, 0) is 0 Å². The fraction of sp³-hybridized carbons (Fsp3) is 0. The number of thiophene rings is 1. The lowest BCUT2D eigenvalue weighted by Gasteiger charge is -2.26. The molecule has 0 aliphatic carbocycles. The van der Waals surface area contributed by atoms with Crippen molar-refractivity contribution in [2.45, 2.75) is 0 Å². The molecule has 0 bridgehead atoms. The zero-order valence-corrected chi connectivity index (χ0v) is 29.2. The Kier molecular flexibility index (Phi) is 7.41. The largest absolute Gasteiger partial charge is 0.310 e. The molecule has 2 heteroatoms. The van der Waals surface area contributed by atoms with E-state index in [1.807, 2.05) is 11.3 Å². The third kappa shape index (κ3) is 5.42. The lowest BCUT2D eigenvalue weighted by Crippen LogP contribution is -2.09. The van der Waals surface area contributed by atoms with Crippen LogP contribution in [0.15, 0.2) is 200 Å². The van der Waals surface area contributed by atoms with Crippen LogP contribution in [0.4, 0.5) is 17.1 Å². The molecule has 0 unspecified atom stereocenters. The Morgan fingerprint density at radius 2 is 0.750 bits per heavy atom. The summed E-state index contributed by atoms with van der Waals surface area (Å²) in [5, 5.41) is 7.67. The van der Waals surface area contributed by atoms with Gasteiger partial charge < -0.3 is 4.90 Å². The highest BCUT2D eigenvalue weighted by Gasteiger charge is 2.16. The van der Waals surface area contributed by atoms with Crippen LogP contribution in [0.5, 0.6) is 0 Å². The molecule has 0 amide bonds. The summed E-state index contributed by atoms with van der Waals surface area (Å²) < 4.78 is 2.61. The number of hydrogen-bond acceptors (Lipinski definition) is 2. The van der Waals surface area contributed by atoms with E-state index in [2.05, 4.69) is 205 Å². The summed E-state index contributed by atoms with van der Waals surface area (Å²) in [6.07, 6.45) is 0. The van der Waals surface area contributed by atoms with Gasteiger partial charge in [0, 0.05) is 37.2 Å². The van der Waals surface area contributed by atoms with Crippen LogP contribution in [0.2, 0.25) is 0 Å². The van der Waals surface area contributed by atoms with Gasteiger partial charge in [-0.2, -0.15) is 0 Å². The third-order valence-corrected chi connectivity index (χ3v) is 11.4. The topological polar surface area (TPSA) is 3.24 Å². The quantitative estimate of drug-likeness (QED) is 0.158. The van der Waals surface area contributed by atoms with Crippen molar-refractivity contribution in [3.05, 3.63) is 200 Å². The molecule has 0 fully saturated rings. The minimum Gasteiger partial charge on any atom is -0.310 e. The number of hydrogen-bond donors (Lipinski definition) is 0. The van der Waals surface area contributed by atoms with E-state index < -0.39 is 0 Å². The molecule has 0 atom stereocenters. The van der Waals surface area contributed by atoms with Crippen LogP contribution in [0.3, 0.4) is 0 Å². The van der Waals surface area contributed by atoms with Crippen molar-refractivity contribution < 1.29 is 0 Å². The van der Waals surface area contributed by atoms with E-state index >= 15 is 0 Å². The van der Waals surface area contributed by atoms with Gasteiger partial charge in [-0.15, -0.1) is 11.3 Å². The highest BCUT2D eigenvalue weighted by Crippen LogP contribution is 2.42. The molecular weight excluding hydrogens is 647 g/mol. The summed E-state index contributed by atoms with van der Waals surface area (Å²) in [6, 6.07) is 73.0. The second-order valence-corrected chi connectivity index (χ2v) is 14.5. The molecule has 0 saturated heterocycles. The Hall–Kier alpha value is -6.48. The smallest absolute Gasteiger partial charge is 0.0476 e. The van der Waals surface area contributed by atoms with Gasteiger partial charge in [0.15, 0.2) is 0 Å². The van der Waals surface area contributed by atoms with E-state index in [1.165, 1.54) is 75.1 Å². The van der Waals surface area contributed by atoms with Crippen molar-refractivity contribution in [2.75, 3.05) is 4.90 Å². The molecular formula is C50H33NS. The molecule has 0 saturated carbocycles. The average Bonchev–Trinajstić information content (AvgIpc) is 3.59. The van der Waals surface area contributed by atoms with Crippen LogP contribution in [0.1, 0.15) is 0 Å². The van der Waals surface area contributed by atoms with Crippen molar-refractivity contribution in [3.8, 4) is 33.4 Å². The van der Waals surface area contributed by atoms with Crippen molar-refractivity contribution in [1.82, 2.24) is 0 Å². The molecule has 0 radical (unpaired) electrons. The van der Waals surface area contributed by atoms with E-state index in [0.29, 0.717) is 0 Å². The van der Waals surface area contributed by atoms with Crippen LogP contribution in [-0.4, -0.2) is 0 Å². The normalized spacial score (nSPS) is 11.5. The minimum atomic E-state index is 1.12. The fourth-order valence-corrected chi connectivity index (χ4v) is 8.76. The maximum Gasteiger partial charge on any atom is 0.0476 e. The number of benzene rings is 9. The fourth-order valence-electron chi connectivity index (χ4n) is 7.62. The monoisotopic (exact) mass is 679 g/mol. The molecule has 10 aromatic rings. The number of rotatable bonds is 6. The Bertz CT molecular complexity index is 2890. The van der Waals surface area contributed by atoms with Crippen LogP contribution in [0, 0.1) is 0 Å². The van der Waals surface area contributed by atoms with E-state index in [-0.39, 0.29) is 0 Å². The summed E-state index contributed by atoms with van der Waals surface area (Å²) in [4.78, 5) is 2.39. The van der Waals surface area contributed by atoms with E-state index in [0.717, 1.165) is 17.1 Å². The molecule has 9 aromatic carbocycles. The Balaban J connectivity index is 1.06. The maximum atomic E-state index is 2.39. The van der Waals surface area contributed by atoms with Crippen LogP contribution in [0.25, 0.3) is 75.1 Å². The van der Waals surface area contributed by atoms with Gasteiger partial charge in [-0.05, 0) is 110 Å². The van der Waals surface area contributed by atoms with E-state index in [4.69, 9.17) is 0 Å². The zero-order valence-electron chi connectivity index (χ0n) is 28.4. The molecule has 1 aromatic heterocycles. The molecule has 0 spiro atoms. The Labute approximate surface area is 307 Å². The third-order valence-electron chi connectivity index (χ3n) is 10.2. The van der Waals surface area contributed by atoms with Gasteiger partial charge in [0.05, 0.1) is 0 Å². The predicted molar refractivity (Wildman–Crippen MR) is 225 cm³/mol. The lowest BCUT2D eigenvalue weighted by atomic mass is 9.95. The first-order valence-corrected chi connectivity index (χ1v) is 18.6. The molecule has 0 aliphatic heterocycles. The number of fused-ring (bicyclic) bond motifs is 6. The second kappa shape index (κ2) is 12.7. The Morgan fingerprint density at radius 3 is 1.46 bits per heavy atom. The van der Waals surface area contributed by atoms with Crippen LogP contribution < -0.4 is 4.90 Å². The molecule has 0 N–H and O–H groups in total. The lowest BCUT2D eigenvalue weighted by molar-refractivity contribution is 1.29.